The van der Waals surface area contributed by atoms with E-state index in [1.807, 2.05) is 0 Å². The molecule has 1 fully saturated rings. The lowest BCUT2D eigenvalue weighted by Crippen LogP contribution is -2.36. The Kier molecular flexibility index (Phi) is 3.02. The Morgan fingerprint density at radius 3 is 2.56 bits per heavy atom. The van der Waals surface area contributed by atoms with E-state index in [1.165, 1.54) is 0 Å². The van der Waals surface area contributed by atoms with E-state index in [-0.39, 0.29) is 11.4 Å². The van der Waals surface area contributed by atoms with Crippen LogP contribution in [0.4, 0.5) is 8.78 Å². The van der Waals surface area contributed by atoms with Gasteiger partial charge < -0.3 is 14.8 Å². The fourth-order valence-corrected chi connectivity index (χ4v) is 1.50. The van der Waals surface area contributed by atoms with Gasteiger partial charge in [-0.1, -0.05) is 0 Å². The molecule has 0 saturated heterocycles. The predicted molar refractivity (Wildman–Crippen MR) is 50.5 cm³/mol. The molecule has 1 aromatic rings. The summed E-state index contributed by atoms with van der Waals surface area (Å²) in [5.41, 5.74) is 0.214. The van der Waals surface area contributed by atoms with E-state index in [0.717, 1.165) is 19.2 Å². The zero-order valence-corrected chi connectivity index (χ0v) is 8.18. The topological polar surface area (TPSA) is 75.5 Å². The summed E-state index contributed by atoms with van der Waals surface area (Å²) in [5, 5.41) is 18.3. The van der Waals surface area contributed by atoms with Gasteiger partial charge >= 0.3 is 13.7 Å². The summed E-state index contributed by atoms with van der Waals surface area (Å²) in [5.74, 6) is -0.387. The largest absolute Gasteiger partial charge is 0.495 e. The Morgan fingerprint density at radius 2 is 2.06 bits per heavy atom. The lowest BCUT2D eigenvalue weighted by Gasteiger charge is -2.11. The van der Waals surface area contributed by atoms with Gasteiger partial charge in [0.05, 0.1) is 11.2 Å². The molecule has 2 N–H and O–H groups in total. The first-order chi connectivity index (χ1) is 7.59. The van der Waals surface area contributed by atoms with Crippen LogP contribution in [0.3, 0.4) is 0 Å². The van der Waals surface area contributed by atoms with Crippen molar-refractivity contribution in [2.45, 2.75) is 25.4 Å². The third-order valence-corrected chi connectivity index (χ3v) is 2.30. The van der Waals surface area contributed by atoms with Gasteiger partial charge in [-0.15, -0.1) is 0 Å². The van der Waals surface area contributed by atoms with Gasteiger partial charge in [-0.05, 0) is 12.8 Å². The second-order valence-electron chi connectivity index (χ2n) is 3.50. The molecule has 0 spiro atoms. The minimum atomic E-state index is -3.06. The first kappa shape index (κ1) is 11.2. The SMILES string of the molecule is OB(O)c1c(OC(F)F)ncnc1C1CC1. The molecule has 16 heavy (non-hydrogen) atoms. The number of aromatic nitrogens is 2. The van der Waals surface area contributed by atoms with Gasteiger partial charge in [0.2, 0.25) is 5.88 Å². The van der Waals surface area contributed by atoms with Gasteiger partial charge in [-0.25, -0.2) is 9.97 Å². The Morgan fingerprint density at radius 1 is 1.38 bits per heavy atom. The number of hydrogen-bond acceptors (Lipinski definition) is 5. The minimum absolute atomic E-state index is 0.0832. The van der Waals surface area contributed by atoms with E-state index in [9.17, 15) is 8.78 Å². The molecule has 0 aliphatic heterocycles. The summed E-state index contributed by atoms with van der Waals surface area (Å²) in [6, 6.07) is 0. The first-order valence-electron chi connectivity index (χ1n) is 4.75. The predicted octanol–water partition coefficient (Wildman–Crippen LogP) is -0.365. The molecule has 0 unspecified atom stereocenters. The summed E-state index contributed by atoms with van der Waals surface area (Å²) in [6.45, 7) is -3.06. The van der Waals surface area contributed by atoms with Crippen LogP contribution in [0.1, 0.15) is 24.5 Å². The second kappa shape index (κ2) is 4.30. The number of ether oxygens (including phenoxy) is 1. The Balaban J connectivity index is 2.38. The Bertz CT molecular complexity index is 388. The van der Waals surface area contributed by atoms with Crippen LogP contribution in [0.25, 0.3) is 0 Å². The summed E-state index contributed by atoms with van der Waals surface area (Å²) < 4.78 is 28.3. The highest BCUT2D eigenvalue weighted by Gasteiger charge is 2.34. The van der Waals surface area contributed by atoms with E-state index in [4.69, 9.17) is 10.0 Å². The molecule has 8 heteroatoms. The second-order valence-corrected chi connectivity index (χ2v) is 3.50. The number of rotatable bonds is 4. The van der Waals surface area contributed by atoms with Crippen LogP contribution in [0.5, 0.6) is 5.88 Å². The van der Waals surface area contributed by atoms with Crippen molar-refractivity contribution >= 4 is 12.6 Å². The van der Waals surface area contributed by atoms with E-state index in [1.54, 1.807) is 0 Å². The van der Waals surface area contributed by atoms with Gasteiger partial charge in [-0.2, -0.15) is 8.78 Å². The van der Waals surface area contributed by atoms with Crippen LogP contribution >= 0.6 is 0 Å². The highest BCUT2D eigenvalue weighted by molar-refractivity contribution is 6.60. The maximum absolute atomic E-state index is 12.1. The maximum atomic E-state index is 12.1. The molecule has 0 bridgehead atoms. The fourth-order valence-electron chi connectivity index (χ4n) is 1.50. The number of halogens is 2. The summed E-state index contributed by atoms with van der Waals surface area (Å²) >= 11 is 0. The van der Waals surface area contributed by atoms with E-state index in [2.05, 4.69) is 14.7 Å². The van der Waals surface area contributed by atoms with Gasteiger partial charge in [0.15, 0.2) is 0 Å². The van der Waals surface area contributed by atoms with Crippen molar-refractivity contribution in [2.75, 3.05) is 0 Å². The standard InChI is InChI=1S/C8H9BF2N2O3/c10-8(11)16-7-5(9(14)15)6(4-1-2-4)12-3-13-7/h3-4,8,14-15H,1-2H2. The summed E-state index contributed by atoms with van der Waals surface area (Å²) in [4.78, 5) is 7.35. The molecule has 1 heterocycles. The van der Waals surface area contributed by atoms with E-state index in [0.29, 0.717) is 5.69 Å². The summed E-state index contributed by atoms with van der Waals surface area (Å²) in [6.07, 6.45) is 2.78. The van der Waals surface area contributed by atoms with Crippen molar-refractivity contribution in [3.05, 3.63) is 12.0 Å². The molecular formula is C8H9BF2N2O3. The van der Waals surface area contributed by atoms with Crippen molar-refractivity contribution in [3.8, 4) is 5.88 Å². The zero-order chi connectivity index (χ0) is 11.7. The molecule has 0 atom stereocenters. The third kappa shape index (κ3) is 2.28. The highest BCUT2D eigenvalue weighted by Crippen LogP contribution is 2.38. The van der Waals surface area contributed by atoms with Crippen molar-refractivity contribution in [1.29, 1.82) is 0 Å². The lowest BCUT2D eigenvalue weighted by molar-refractivity contribution is -0.0523. The number of hydrogen-bond donors (Lipinski definition) is 2. The number of nitrogens with zero attached hydrogens (tertiary/aromatic N) is 2. The molecule has 1 aliphatic carbocycles. The van der Waals surface area contributed by atoms with Crippen LogP contribution in [-0.4, -0.2) is 33.7 Å². The van der Waals surface area contributed by atoms with E-state index < -0.39 is 19.6 Å². The van der Waals surface area contributed by atoms with Crippen LogP contribution < -0.4 is 10.2 Å². The average Bonchev–Trinajstić information content (AvgIpc) is 2.98. The van der Waals surface area contributed by atoms with Gasteiger partial charge in [0.25, 0.3) is 0 Å². The van der Waals surface area contributed by atoms with Crippen LogP contribution in [0.2, 0.25) is 0 Å². The third-order valence-electron chi connectivity index (χ3n) is 2.30. The van der Waals surface area contributed by atoms with Gasteiger partial charge in [0.1, 0.15) is 6.33 Å². The molecule has 0 aromatic carbocycles. The zero-order valence-electron chi connectivity index (χ0n) is 8.18. The first-order valence-corrected chi connectivity index (χ1v) is 4.75. The monoisotopic (exact) mass is 230 g/mol. The van der Waals surface area contributed by atoms with Gasteiger partial charge in [0, 0.05) is 5.92 Å². The normalized spacial score (nSPS) is 15.3. The highest BCUT2D eigenvalue weighted by atomic mass is 19.3. The molecule has 5 nitrogen and oxygen atoms in total. The Hall–Kier alpha value is -1.28. The van der Waals surface area contributed by atoms with Gasteiger partial charge in [-0.3, -0.25) is 0 Å². The molecule has 0 radical (unpaired) electrons. The minimum Gasteiger partial charge on any atom is -0.423 e. The molecule has 0 amide bonds. The van der Waals surface area contributed by atoms with E-state index >= 15 is 0 Å². The average molecular weight is 230 g/mol. The number of alkyl halides is 2. The quantitative estimate of drug-likeness (QED) is 0.690. The van der Waals surface area contributed by atoms with Crippen molar-refractivity contribution in [1.82, 2.24) is 9.97 Å². The smallest absolute Gasteiger partial charge is 0.423 e. The van der Waals surface area contributed by atoms with Crippen LogP contribution in [0, 0.1) is 0 Å². The molecule has 86 valence electrons. The fraction of sp³-hybridized carbons (Fsp3) is 0.500. The Labute approximate surface area is 90.3 Å². The van der Waals surface area contributed by atoms with Crippen molar-refractivity contribution in [3.63, 3.8) is 0 Å². The molecule has 1 saturated carbocycles. The summed E-state index contributed by atoms with van der Waals surface area (Å²) in [7, 11) is -1.91. The van der Waals surface area contributed by atoms with Crippen LogP contribution in [-0.2, 0) is 0 Å². The van der Waals surface area contributed by atoms with Crippen molar-refractivity contribution in [2.24, 2.45) is 0 Å². The lowest BCUT2D eigenvalue weighted by atomic mass is 9.78. The van der Waals surface area contributed by atoms with Crippen LogP contribution in [0.15, 0.2) is 6.33 Å². The molecule has 2 rings (SSSR count). The maximum Gasteiger partial charge on any atom is 0.495 e. The molecule has 1 aliphatic rings. The van der Waals surface area contributed by atoms with Crippen molar-refractivity contribution < 1.29 is 23.6 Å². The molecule has 1 aromatic heterocycles. The molecular weight excluding hydrogens is 221 g/mol.